The Balaban J connectivity index is 1.44. The van der Waals surface area contributed by atoms with E-state index in [4.69, 9.17) is 0 Å². The molecule has 126 valence electrons. The Hall–Kier alpha value is -2.72. The minimum absolute atomic E-state index is 0.449. The monoisotopic (exact) mass is 330 g/mol. The van der Waals surface area contributed by atoms with Crippen LogP contribution in [0, 0.1) is 0 Å². The zero-order chi connectivity index (χ0) is 16.9. The average molecular weight is 330 g/mol. The number of hydrogen-bond donors (Lipinski definition) is 1. The van der Waals surface area contributed by atoms with Crippen molar-refractivity contribution in [3.63, 3.8) is 0 Å². The first-order valence-electron chi connectivity index (χ1n) is 8.78. The molecule has 0 amide bonds. The van der Waals surface area contributed by atoms with Crippen LogP contribution in [-0.2, 0) is 6.42 Å². The second-order valence-electron chi connectivity index (χ2n) is 6.42. The summed E-state index contributed by atoms with van der Waals surface area (Å²) < 4.78 is 0. The van der Waals surface area contributed by atoms with Crippen molar-refractivity contribution >= 4 is 5.69 Å². The molecule has 0 aliphatic carbocycles. The predicted molar refractivity (Wildman–Crippen MR) is 102 cm³/mol. The molecule has 0 radical (unpaired) electrons. The Morgan fingerprint density at radius 2 is 1.60 bits per heavy atom. The maximum Gasteiger partial charge on any atom is 0.159 e. The summed E-state index contributed by atoms with van der Waals surface area (Å²) in [6.45, 7) is 2.94. The highest BCUT2D eigenvalue weighted by atomic mass is 15.2. The maximum atomic E-state index is 4.56. The quantitative estimate of drug-likeness (QED) is 0.798. The van der Waals surface area contributed by atoms with Crippen molar-refractivity contribution in [3.8, 4) is 11.4 Å². The number of benzene rings is 2. The molecular weight excluding hydrogens is 308 g/mol. The molecule has 1 unspecified atom stereocenters. The fourth-order valence-electron chi connectivity index (χ4n) is 3.32. The molecular formula is C21H22N4. The minimum Gasteiger partial charge on any atom is -0.366 e. The molecule has 0 saturated carbocycles. The van der Waals surface area contributed by atoms with Crippen molar-refractivity contribution in [2.75, 3.05) is 24.5 Å². The Kier molecular flexibility index (Phi) is 4.70. The van der Waals surface area contributed by atoms with Gasteiger partial charge in [0.15, 0.2) is 5.82 Å². The lowest BCUT2D eigenvalue weighted by molar-refractivity contribution is 0.454. The van der Waals surface area contributed by atoms with Gasteiger partial charge in [0.1, 0.15) is 0 Å². The number of nitrogens with one attached hydrogen (secondary N) is 1. The summed E-state index contributed by atoms with van der Waals surface area (Å²) in [7, 11) is 0. The fourth-order valence-corrected chi connectivity index (χ4v) is 3.32. The third-order valence-corrected chi connectivity index (χ3v) is 4.62. The molecule has 1 aromatic heterocycles. The van der Waals surface area contributed by atoms with Crippen LogP contribution in [0.5, 0.6) is 0 Å². The number of piperazine rings is 1. The zero-order valence-corrected chi connectivity index (χ0v) is 14.2. The molecule has 1 aliphatic heterocycles. The van der Waals surface area contributed by atoms with E-state index in [2.05, 4.69) is 50.5 Å². The van der Waals surface area contributed by atoms with Gasteiger partial charge in [-0.3, -0.25) is 0 Å². The lowest BCUT2D eigenvalue weighted by atomic mass is 10.0. The van der Waals surface area contributed by atoms with E-state index in [9.17, 15) is 0 Å². The molecule has 1 N–H and O–H groups in total. The largest absolute Gasteiger partial charge is 0.366 e. The molecule has 3 aromatic rings. The van der Waals surface area contributed by atoms with Gasteiger partial charge in [0.25, 0.3) is 0 Å². The van der Waals surface area contributed by atoms with Crippen LogP contribution < -0.4 is 10.2 Å². The van der Waals surface area contributed by atoms with Crippen molar-refractivity contribution in [1.29, 1.82) is 0 Å². The summed E-state index contributed by atoms with van der Waals surface area (Å²) in [5, 5.41) is 3.62. The van der Waals surface area contributed by atoms with Crippen LogP contribution in [0.1, 0.15) is 5.56 Å². The number of hydrogen-bond acceptors (Lipinski definition) is 4. The van der Waals surface area contributed by atoms with Crippen LogP contribution in [0.3, 0.4) is 0 Å². The van der Waals surface area contributed by atoms with Gasteiger partial charge in [-0.1, -0.05) is 60.7 Å². The van der Waals surface area contributed by atoms with Gasteiger partial charge < -0.3 is 10.2 Å². The van der Waals surface area contributed by atoms with Crippen molar-refractivity contribution in [3.05, 3.63) is 78.6 Å². The van der Waals surface area contributed by atoms with Crippen molar-refractivity contribution in [2.24, 2.45) is 0 Å². The van der Waals surface area contributed by atoms with Gasteiger partial charge in [0.05, 0.1) is 18.1 Å². The number of nitrogens with zero attached hydrogens (tertiary/aromatic N) is 3. The molecule has 1 aliphatic rings. The molecule has 1 saturated heterocycles. The highest BCUT2D eigenvalue weighted by Crippen LogP contribution is 2.19. The standard InChI is InChI=1S/C21H22N4/c1-3-7-17(8-4-1)13-19-16-25(12-11-22-19)20-14-23-21(24-15-20)18-9-5-2-6-10-18/h1-10,14-15,19,22H,11-13,16H2. The first-order valence-corrected chi connectivity index (χ1v) is 8.78. The van der Waals surface area contributed by atoms with E-state index in [1.807, 2.05) is 42.7 Å². The van der Waals surface area contributed by atoms with Crippen LogP contribution in [-0.4, -0.2) is 35.6 Å². The Morgan fingerprint density at radius 1 is 0.920 bits per heavy atom. The van der Waals surface area contributed by atoms with Gasteiger partial charge in [-0.05, 0) is 12.0 Å². The number of rotatable bonds is 4. The Labute approximate surface area is 148 Å². The summed E-state index contributed by atoms with van der Waals surface area (Å²) in [5.74, 6) is 0.778. The first-order chi connectivity index (χ1) is 12.4. The fraction of sp³-hybridized carbons (Fsp3) is 0.238. The van der Waals surface area contributed by atoms with Crippen molar-refractivity contribution < 1.29 is 0 Å². The lowest BCUT2D eigenvalue weighted by Gasteiger charge is -2.35. The van der Waals surface area contributed by atoms with Crippen LogP contribution in [0.25, 0.3) is 11.4 Å². The normalized spacial score (nSPS) is 17.4. The summed E-state index contributed by atoms with van der Waals surface area (Å²) in [6.07, 6.45) is 4.93. The van der Waals surface area contributed by atoms with Crippen LogP contribution >= 0.6 is 0 Å². The van der Waals surface area contributed by atoms with Crippen molar-refractivity contribution in [2.45, 2.75) is 12.5 Å². The summed E-state index contributed by atoms with van der Waals surface area (Å²) in [6, 6.07) is 21.2. The minimum atomic E-state index is 0.449. The van der Waals surface area contributed by atoms with E-state index in [1.165, 1.54) is 5.56 Å². The van der Waals surface area contributed by atoms with E-state index in [0.29, 0.717) is 6.04 Å². The summed E-state index contributed by atoms with van der Waals surface area (Å²) in [4.78, 5) is 11.5. The van der Waals surface area contributed by atoms with Gasteiger partial charge in [-0.15, -0.1) is 0 Å². The zero-order valence-electron chi connectivity index (χ0n) is 14.2. The maximum absolute atomic E-state index is 4.56. The van der Waals surface area contributed by atoms with E-state index in [1.54, 1.807) is 0 Å². The van der Waals surface area contributed by atoms with Crippen LogP contribution in [0.2, 0.25) is 0 Å². The van der Waals surface area contributed by atoms with Gasteiger partial charge in [-0.25, -0.2) is 9.97 Å². The topological polar surface area (TPSA) is 41.1 Å². The molecule has 1 fully saturated rings. The highest BCUT2D eigenvalue weighted by Gasteiger charge is 2.20. The Morgan fingerprint density at radius 3 is 2.32 bits per heavy atom. The van der Waals surface area contributed by atoms with Crippen LogP contribution in [0.15, 0.2) is 73.1 Å². The summed E-state index contributed by atoms with van der Waals surface area (Å²) in [5.41, 5.74) is 3.52. The number of aromatic nitrogens is 2. The smallest absolute Gasteiger partial charge is 0.159 e. The number of anilines is 1. The third kappa shape index (κ3) is 3.86. The summed E-state index contributed by atoms with van der Waals surface area (Å²) >= 11 is 0. The highest BCUT2D eigenvalue weighted by molar-refractivity contribution is 5.56. The van der Waals surface area contributed by atoms with Gasteiger partial charge >= 0.3 is 0 Å². The van der Waals surface area contributed by atoms with E-state index in [-0.39, 0.29) is 0 Å². The molecule has 4 rings (SSSR count). The van der Waals surface area contributed by atoms with E-state index >= 15 is 0 Å². The molecule has 4 heteroatoms. The average Bonchev–Trinajstić information content (AvgIpc) is 2.70. The Bertz CT molecular complexity index is 787. The second kappa shape index (κ2) is 7.45. The van der Waals surface area contributed by atoms with Gasteiger partial charge in [0.2, 0.25) is 0 Å². The molecule has 2 heterocycles. The van der Waals surface area contributed by atoms with Crippen LogP contribution in [0.4, 0.5) is 5.69 Å². The molecule has 0 bridgehead atoms. The van der Waals surface area contributed by atoms with Gasteiger partial charge in [0, 0.05) is 31.2 Å². The molecule has 0 spiro atoms. The van der Waals surface area contributed by atoms with E-state index in [0.717, 1.165) is 43.1 Å². The molecule has 4 nitrogen and oxygen atoms in total. The molecule has 1 atom stereocenters. The SMILES string of the molecule is c1ccc(CC2CN(c3cnc(-c4ccccc4)nc3)CCN2)cc1. The predicted octanol–water partition coefficient (Wildman–Crippen LogP) is 3.16. The molecule has 2 aromatic carbocycles. The third-order valence-electron chi connectivity index (χ3n) is 4.62. The van der Waals surface area contributed by atoms with E-state index < -0.39 is 0 Å². The van der Waals surface area contributed by atoms with Gasteiger partial charge in [-0.2, -0.15) is 0 Å². The second-order valence-corrected chi connectivity index (χ2v) is 6.42. The molecule has 25 heavy (non-hydrogen) atoms. The first kappa shape index (κ1) is 15.8. The lowest BCUT2D eigenvalue weighted by Crippen LogP contribution is -2.51. The van der Waals surface area contributed by atoms with Crippen molar-refractivity contribution in [1.82, 2.24) is 15.3 Å².